The number of hydrogen-bond acceptors (Lipinski definition) is 11. The highest BCUT2D eigenvalue weighted by molar-refractivity contribution is 6.36. The highest BCUT2D eigenvalue weighted by Crippen LogP contribution is 2.38. The lowest BCUT2D eigenvalue weighted by molar-refractivity contribution is -0.0183. The van der Waals surface area contributed by atoms with Gasteiger partial charge in [0.2, 0.25) is 5.95 Å². The monoisotopic (exact) mass is 520 g/mol. The molecule has 0 spiro atoms. The van der Waals surface area contributed by atoms with E-state index in [2.05, 4.69) is 48.1 Å². The van der Waals surface area contributed by atoms with Gasteiger partial charge in [0, 0.05) is 26.2 Å². The number of nitrogens with one attached hydrogen (secondary N) is 3. The smallest absolute Gasteiger partial charge is 0.247 e. The van der Waals surface area contributed by atoms with Gasteiger partial charge in [-0.25, -0.2) is 4.98 Å². The molecule has 3 aromatic rings. The summed E-state index contributed by atoms with van der Waals surface area (Å²) in [6.45, 7) is 2.67. The molecule has 0 radical (unpaired) electrons. The van der Waals surface area contributed by atoms with E-state index in [1.165, 1.54) is 10.7 Å². The van der Waals surface area contributed by atoms with Crippen LogP contribution in [0.1, 0.15) is 24.1 Å². The summed E-state index contributed by atoms with van der Waals surface area (Å²) < 4.78 is 12.5. The molecule has 1 unspecified atom stereocenters. The summed E-state index contributed by atoms with van der Waals surface area (Å²) in [6, 6.07) is 8.50. The van der Waals surface area contributed by atoms with Gasteiger partial charge < -0.3 is 30.3 Å². The molecule has 1 saturated carbocycles. The first-order valence-electron chi connectivity index (χ1n) is 12.1. The Kier molecular flexibility index (Phi) is 6.18. The summed E-state index contributed by atoms with van der Waals surface area (Å²) in [5, 5.41) is 34.3. The number of anilines is 4. The zero-order valence-corrected chi connectivity index (χ0v) is 20.9. The Morgan fingerprint density at radius 2 is 2.00 bits per heavy atom. The van der Waals surface area contributed by atoms with Crippen LogP contribution < -0.4 is 20.9 Å². The normalized spacial score (nSPS) is 21.5. The van der Waals surface area contributed by atoms with Gasteiger partial charge in [-0.15, -0.1) is 5.10 Å². The fourth-order valence-corrected chi connectivity index (χ4v) is 4.92. The minimum Gasteiger partial charge on any atom is -0.378 e. The van der Waals surface area contributed by atoms with Crippen LogP contribution in [0, 0.1) is 22.7 Å². The van der Waals surface area contributed by atoms with E-state index < -0.39 is 0 Å². The van der Waals surface area contributed by atoms with Gasteiger partial charge >= 0.3 is 0 Å². The first-order chi connectivity index (χ1) is 18.1. The van der Waals surface area contributed by atoms with Gasteiger partial charge in [0.25, 0.3) is 0 Å². The van der Waals surface area contributed by atoms with E-state index in [0.717, 1.165) is 18.5 Å². The lowest BCUT2D eigenvalue weighted by Crippen LogP contribution is -2.54. The molecule has 0 bridgehead atoms. The first kappa shape index (κ1) is 23.7. The number of imidazole rings is 1. The lowest BCUT2D eigenvalue weighted by atomic mass is 10.1. The second kappa shape index (κ2) is 9.65. The third kappa shape index (κ3) is 4.61. The van der Waals surface area contributed by atoms with E-state index in [-0.39, 0.29) is 23.8 Å². The van der Waals surface area contributed by atoms with Crippen LogP contribution in [0.2, 0.25) is 5.02 Å². The third-order valence-corrected chi connectivity index (χ3v) is 7.22. The summed E-state index contributed by atoms with van der Waals surface area (Å²) in [7, 11) is 1.70. The van der Waals surface area contributed by atoms with Crippen molar-refractivity contribution in [2.45, 2.75) is 37.1 Å². The molecule has 3 aliphatic rings. The zero-order valence-electron chi connectivity index (χ0n) is 20.1. The third-order valence-electron chi connectivity index (χ3n) is 6.82. The highest BCUT2D eigenvalue weighted by atomic mass is 35.5. The summed E-state index contributed by atoms with van der Waals surface area (Å²) >= 11 is 6.90. The molecule has 2 saturated heterocycles. The molecule has 0 amide bonds. The fourth-order valence-electron chi connectivity index (χ4n) is 4.65. The number of nitriles is 2. The second-order valence-corrected chi connectivity index (χ2v) is 9.85. The fraction of sp³-hybridized carbons (Fsp3) is 0.458. The van der Waals surface area contributed by atoms with Crippen molar-refractivity contribution in [1.82, 2.24) is 24.9 Å². The van der Waals surface area contributed by atoms with Gasteiger partial charge in [0.15, 0.2) is 17.2 Å². The summed E-state index contributed by atoms with van der Waals surface area (Å²) in [5.74, 6) is 0.763. The minimum absolute atomic E-state index is 0.0359. The number of halogens is 1. The number of hydrogen-bond donors (Lipinski definition) is 3. The van der Waals surface area contributed by atoms with Gasteiger partial charge in [-0.05, 0) is 25.0 Å². The van der Waals surface area contributed by atoms with Crippen molar-refractivity contribution in [3.8, 4) is 12.1 Å². The topological polar surface area (TPSA) is 148 Å². The molecule has 6 rings (SSSR count). The molecule has 2 aromatic heterocycles. The maximum atomic E-state index is 9.75. The molecule has 3 fully saturated rings. The van der Waals surface area contributed by atoms with Crippen molar-refractivity contribution in [2.24, 2.45) is 0 Å². The molecule has 12 nitrogen and oxygen atoms in total. The number of benzene rings is 1. The van der Waals surface area contributed by atoms with Crippen molar-refractivity contribution >= 4 is 40.4 Å². The van der Waals surface area contributed by atoms with Crippen molar-refractivity contribution in [2.75, 3.05) is 48.9 Å². The van der Waals surface area contributed by atoms with Gasteiger partial charge in [-0.2, -0.15) is 20.0 Å². The Hall–Kier alpha value is -3.68. The molecule has 1 aromatic carbocycles. The van der Waals surface area contributed by atoms with Crippen LogP contribution in [-0.4, -0.2) is 77.2 Å². The van der Waals surface area contributed by atoms with Crippen LogP contribution in [0.4, 0.5) is 23.1 Å². The second-order valence-electron chi connectivity index (χ2n) is 9.47. The molecular formula is C24H25ClN10O2. The van der Waals surface area contributed by atoms with Crippen molar-refractivity contribution in [1.29, 1.82) is 10.5 Å². The lowest BCUT2D eigenvalue weighted by Gasteiger charge is -2.31. The quantitative estimate of drug-likeness (QED) is 0.400. The minimum atomic E-state index is -0.0359. The average molecular weight is 521 g/mol. The molecule has 37 heavy (non-hydrogen) atoms. The van der Waals surface area contributed by atoms with Crippen molar-refractivity contribution in [3.05, 3.63) is 34.6 Å². The number of fused-ring (bicyclic) bond motifs is 1. The predicted molar refractivity (Wildman–Crippen MR) is 136 cm³/mol. The Morgan fingerprint density at radius 3 is 2.68 bits per heavy atom. The Morgan fingerprint density at radius 1 is 1.16 bits per heavy atom. The summed E-state index contributed by atoms with van der Waals surface area (Å²) in [6.07, 6.45) is 3.52. The van der Waals surface area contributed by atoms with E-state index in [1.54, 1.807) is 19.2 Å². The van der Waals surface area contributed by atoms with E-state index >= 15 is 0 Å². The van der Waals surface area contributed by atoms with Gasteiger partial charge in [-0.3, -0.25) is 0 Å². The number of rotatable bonds is 8. The van der Waals surface area contributed by atoms with Crippen LogP contribution in [-0.2, 0) is 9.47 Å². The van der Waals surface area contributed by atoms with Gasteiger partial charge in [0.1, 0.15) is 6.07 Å². The molecule has 13 heteroatoms. The zero-order chi connectivity index (χ0) is 25.5. The summed E-state index contributed by atoms with van der Waals surface area (Å²) in [5.41, 5.74) is 2.41. The number of ether oxygens (including phenoxy) is 2. The van der Waals surface area contributed by atoms with Crippen molar-refractivity contribution < 1.29 is 9.47 Å². The highest BCUT2D eigenvalue weighted by Gasteiger charge is 2.37. The largest absolute Gasteiger partial charge is 0.378 e. The van der Waals surface area contributed by atoms with Crippen LogP contribution in [0.15, 0.2) is 18.3 Å². The van der Waals surface area contributed by atoms with Gasteiger partial charge in [0.05, 0.1) is 65.6 Å². The molecule has 4 heterocycles. The van der Waals surface area contributed by atoms with E-state index in [1.807, 2.05) is 0 Å². The molecule has 190 valence electrons. The maximum absolute atomic E-state index is 9.75. The molecule has 2 aliphatic heterocycles. The van der Waals surface area contributed by atoms with Crippen molar-refractivity contribution in [3.63, 3.8) is 0 Å². The number of methoxy groups -OCH3 is 1. The van der Waals surface area contributed by atoms with Crippen LogP contribution >= 0.6 is 11.6 Å². The number of aromatic nitrogens is 4. The summed E-state index contributed by atoms with van der Waals surface area (Å²) in [4.78, 5) is 11.0. The SMILES string of the molecule is CO[C@@H]1CN(c2cc(C#N)cc(Nc3nc(NC4CC4)c4ncc(C#N)n4n3)c2Cl)CC1NC1COC1. The van der Waals surface area contributed by atoms with E-state index in [0.29, 0.717) is 66.1 Å². The van der Waals surface area contributed by atoms with E-state index in [4.69, 9.17) is 21.1 Å². The van der Waals surface area contributed by atoms with Crippen LogP contribution in [0.5, 0.6) is 0 Å². The molecule has 3 N–H and O–H groups in total. The Balaban J connectivity index is 1.32. The predicted octanol–water partition coefficient (Wildman–Crippen LogP) is 2.03. The molecule has 1 aliphatic carbocycles. The van der Waals surface area contributed by atoms with Crippen LogP contribution in [0.3, 0.4) is 0 Å². The standard InChI is InChI=1S/C24H25ClN10O2/c1-36-20-10-34(9-18(20)29-15-11-37-12-15)19-5-13(6-26)4-17(21(19)25)31-24-32-22(30-14-2-3-14)23-28-8-16(7-27)35(23)33-24/h4-5,8,14-15,18,20,29H,2-3,9-12H2,1H3,(H2,30,31,32,33)/t18?,20-/m1/s1. The van der Waals surface area contributed by atoms with E-state index in [9.17, 15) is 10.5 Å². The van der Waals surface area contributed by atoms with Crippen LogP contribution in [0.25, 0.3) is 5.65 Å². The molecular weight excluding hydrogens is 496 g/mol. The number of nitrogens with zero attached hydrogens (tertiary/aromatic N) is 7. The average Bonchev–Trinajstić information content (AvgIpc) is 3.44. The Bertz CT molecular complexity index is 1420. The first-order valence-corrected chi connectivity index (χ1v) is 12.5. The van der Waals surface area contributed by atoms with Gasteiger partial charge in [-0.1, -0.05) is 11.6 Å². The maximum Gasteiger partial charge on any atom is 0.247 e. The molecule has 2 atom stereocenters. The Labute approximate surface area is 218 Å².